The lowest BCUT2D eigenvalue weighted by atomic mass is 10.1. The highest BCUT2D eigenvalue weighted by Crippen LogP contribution is 2.17. The third-order valence-electron chi connectivity index (χ3n) is 2.80. The number of aryl methyl sites for hydroxylation is 2. The van der Waals surface area contributed by atoms with Crippen LogP contribution in [0, 0.1) is 18.8 Å². The summed E-state index contributed by atoms with van der Waals surface area (Å²) >= 11 is 0. The molecule has 0 aliphatic carbocycles. The molecule has 0 aliphatic heterocycles. The maximum Gasteiger partial charge on any atom is 0.273 e. The van der Waals surface area contributed by atoms with E-state index in [9.17, 15) is 4.79 Å². The van der Waals surface area contributed by atoms with Gasteiger partial charge in [-0.1, -0.05) is 17.9 Å². The Balaban J connectivity index is 2.31. The fourth-order valence-corrected chi connectivity index (χ4v) is 1.78. The van der Waals surface area contributed by atoms with E-state index < -0.39 is 0 Å². The summed E-state index contributed by atoms with van der Waals surface area (Å²) in [4.78, 5) is 16.1. The summed E-state index contributed by atoms with van der Waals surface area (Å²) in [5.74, 6) is 5.53. The molecule has 1 amide bonds. The fraction of sp³-hybridized carbons (Fsp3) is 0.200. The van der Waals surface area contributed by atoms with Crippen molar-refractivity contribution in [1.29, 1.82) is 0 Å². The van der Waals surface area contributed by atoms with Crippen LogP contribution in [0.2, 0.25) is 0 Å². The molecule has 1 aromatic heterocycles. The SMILES string of the molecule is Cc1ccc(C#CCN)c(NC(=O)c2cncn2C)c1. The number of carbonyl (C=O) groups excluding carboxylic acids is 1. The molecule has 0 radical (unpaired) electrons. The molecule has 5 heteroatoms. The lowest BCUT2D eigenvalue weighted by Crippen LogP contribution is -2.16. The molecular formula is C15H16N4O. The van der Waals surface area contributed by atoms with Crippen LogP contribution in [0.4, 0.5) is 5.69 Å². The Morgan fingerprint density at radius 2 is 2.30 bits per heavy atom. The smallest absolute Gasteiger partial charge is 0.273 e. The van der Waals surface area contributed by atoms with Gasteiger partial charge in [0, 0.05) is 12.6 Å². The van der Waals surface area contributed by atoms with Crippen LogP contribution in [0.15, 0.2) is 30.7 Å². The van der Waals surface area contributed by atoms with Crippen LogP contribution in [-0.2, 0) is 7.05 Å². The maximum atomic E-state index is 12.2. The second-order valence-electron chi connectivity index (χ2n) is 4.40. The van der Waals surface area contributed by atoms with E-state index >= 15 is 0 Å². The number of aromatic nitrogens is 2. The Morgan fingerprint density at radius 1 is 1.50 bits per heavy atom. The molecule has 1 aromatic carbocycles. The molecule has 3 N–H and O–H groups in total. The van der Waals surface area contributed by atoms with Crippen molar-refractivity contribution in [2.24, 2.45) is 12.8 Å². The minimum atomic E-state index is -0.216. The highest BCUT2D eigenvalue weighted by Gasteiger charge is 2.11. The first kappa shape index (κ1) is 13.8. The van der Waals surface area contributed by atoms with Crippen molar-refractivity contribution in [3.05, 3.63) is 47.5 Å². The molecule has 0 spiro atoms. The average Bonchev–Trinajstić information content (AvgIpc) is 2.84. The summed E-state index contributed by atoms with van der Waals surface area (Å²) in [6.45, 7) is 2.24. The van der Waals surface area contributed by atoms with Crippen molar-refractivity contribution in [3.8, 4) is 11.8 Å². The number of rotatable bonds is 2. The minimum absolute atomic E-state index is 0.216. The molecule has 2 rings (SSSR count). The van der Waals surface area contributed by atoms with Crippen LogP contribution in [0.25, 0.3) is 0 Å². The predicted molar refractivity (Wildman–Crippen MR) is 78.3 cm³/mol. The van der Waals surface area contributed by atoms with E-state index in [2.05, 4.69) is 22.1 Å². The molecule has 2 aromatic rings. The number of anilines is 1. The lowest BCUT2D eigenvalue weighted by molar-refractivity contribution is 0.101. The van der Waals surface area contributed by atoms with E-state index in [0.717, 1.165) is 11.1 Å². The van der Waals surface area contributed by atoms with E-state index in [1.807, 2.05) is 25.1 Å². The topological polar surface area (TPSA) is 72.9 Å². The number of hydrogen-bond acceptors (Lipinski definition) is 3. The summed E-state index contributed by atoms with van der Waals surface area (Å²) in [5.41, 5.74) is 8.34. The predicted octanol–water partition coefficient (Wildman–Crippen LogP) is 1.29. The number of nitrogens with one attached hydrogen (secondary N) is 1. The number of imidazole rings is 1. The molecule has 0 saturated heterocycles. The largest absolute Gasteiger partial charge is 0.330 e. The molecule has 1 heterocycles. The summed E-state index contributed by atoms with van der Waals surface area (Å²) in [7, 11) is 1.77. The van der Waals surface area contributed by atoms with E-state index in [1.165, 1.54) is 6.20 Å². The summed E-state index contributed by atoms with van der Waals surface area (Å²) in [6, 6.07) is 5.70. The fourth-order valence-electron chi connectivity index (χ4n) is 1.78. The first-order valence-corrected chi connectivity index (χ1v) is 6.19. The molecule has 102 valence electrons. The first-order valence-electron chi connectivity index (χ1n) is 6.19. The highest BCUT2D eigenvalue weighted by molar-refractivity contribution is 6.03. The molecule has 5 nitrogen and oxygen atoms in total. The van der Waals surface area contributed by atoms with E-state index in [4.69, 9.17) is 5.73 Å². The van der Waals surface area contributed by atoms with Crippen LogP contribution in [0.3, 0.4) is 0 Å². The van der Waals surface area contributed by atoms with Crippen LogP contribution >= 0.6 is 0 Å². The molecule has 0 unspecified atom stereocenters. The Hall–Kier alpha value is -2.58. The van der Waals surface area contributed by atoms with E-state index in [0.29, 0.717) is 11.4 Å². The molecule has 0 saturated carbocycles. The van der Waals surface area contributed by atoms with Gasteiger partial charge in [0.05, 0.1) is 24.8 Å². The van der Waals surface area contributed by atoms with Crippen LogP contribution in [-0.4, -0.2) is 22.0 Å². The maximum absolute atomic E-state index is 12.2. The number of nitrogens with zero attached hydrogens (tertiary/aromatic N) is 2. The Morgan fingerprint density at radius 3 is 2.95 bits per heavy atom. The van der Waals surface area contributed by atoms with Crippen molar-refractivity contribution in [2.75, 3.05) is 11.9 Å². The Kier molecular flexibility index (Phi) is 4.18. The zero-order chi connectivity index (χ0) is 14.5. The quantitative estimate of drug-likeness (QED) is 0.806. The van der Waals surface area contributed by atoms with Crippen LogP contribution < -0.4 is 11.1 Å². The van der Waals surface area contributed by atoms with Gasteiger partial charge < -0.3 is 15.6 Å². The standard InChI is InChI=1S/C15H16N4O/c1-11-5-6-12(4-3-7-16)13(8-11)18-15(20)14-9-17-10-19(14)2/h5-6,8-10H,7,16H2,1-2H3,(H,18,20). The normalized spacial score (nSPS) is 9.75. The summed E-state index contributed by atoms with van der Waals surface area (Å²) < 4.78 is 1.66. The number of nitrogens with two attached hydrogens (primary N) is 1. The molecular weight excluding hydrogens is 252 g/mol. The van der Waals surface area contributed by atoms with E-state index in [-0.39, 0.29) is 12.5 Å². The van der Waals surface area contributed by atoms with Crippen molar-refractivity contribution >= 4 is 11.6 Å². The van der Waals surface area contributed by atoms with Crippen LogP contribution in [0.5, 0.6) is 0 Å². The lowest BCUT2D eigenvalue weighted by Gasteiger charge is -2.09. The molecule has 20 heavy (non-hydrogen) atoms. The molecule has 0 aliphatic rings. The van der Waals surface area contributed by atoms with Crippen molar-refractivity contribution < 1.29 is 4.79 Å². The minimum Gasteiger partial charge on any atom is -0.330 e. The molecule has 0 atom stereocenters. The third-order valence-corrected chi connectivity index (χ3v) is 2.80. The van der Waals surface area contributed by atoms with Gasteiger partial charge >= 0.3 is 0 Å². The number of hydrogen-bond donors (Lipinski definition) is 2. The molecule has 0 bridgehead atoms. The van der Waals surface area contributed by atoms with Gasteiger partial charge in [-0.15, -0.1) is 0 Å². The highest BCUT2D eigenvalue weighted by atomic mass is 16.2. The first-order chi connectivity index (χ1) is 9.61. The third kappa shape index (κ3) is 3.05. The van der Waals surface area contributed by atoms with Crippen molar-refractivity contribution in [3.63, 3.8) is 0 Å². The van der Waals surface area contributed by atoms with Crippen molar-refractivity contribution in [2.45, 2.75) is 6.92 Å². The van der Waals surface area contributed by atoms with E-state index in [1.54, 1.807) is 17.9 Å². The van der Waals surface area contributed by atoms with Gasteiger partial charge in [0.15, 0.2) is 0 Å². The Bertz CT molecular complexity index is 691. The van der Waals surface area contributed by atoms with Crippen LogP contribution in [0.1, 0.15) is 21.6 Å². The Labute approximate surface area is 117 Å². The zero-order valence-corrected chi connectivity index (χ0v) is 11.5. The summed E-state index contributed by atoms with van der Waals surface area (Å²) in [6.07, 6.45) is 3.11. The second kappa shape index (κ2) is 6.04. The average molecular weight is 268 g/mol. The van der Waals surface area contributed by atoms with Gasteiger partial charge in [-0.3, -0.25) is 4.79 Å². The summed E-state index contributed by atoms with van der Waals surface area (Å²) in [5, 5.41) is 2.86. The monoisotopic (exact) mass is 268 g/mol. The van der Waals surface area contributed by atoms with Gasteiger partial charge in [-0.05, 0) is 24.6 Å². The number of benzene rings is 1. The van der Waals surface area contributed by atoms with Gasteiger partial charge in [-0.25, -0.2) is 4.98 Å². The van der Waals surface area contributed by atoms with Gasteiger partial charge in [0.1, 0.15) is 5.69 Å². The van der Waals surface area contributed by atoms with Gasteiger partial charge in [0.25, 0.3) is 5.91 Å². The van der Waals surface area contributed by atoms with Crippen molar-refractivity contribution in [1.82, 2.24) is 9.55 Å². The number of amides is 1. The van der Waals surface area contributed by atoms with Gasteiger partial charge in [-0.2, -0.15) is 0 Å². The number of carbonyl (C=O) groups is 1. The zero-order valence-electron chi connectivity index (χ0n) is 11.5. The van der Waals surface area contributed by atoms with Gasteiger partial charge in [0.2, 0.25) is 0 Å². The molecule has 0 fully saturated rings. The second-order valence-corrected chi connectivity index (χ2v) is 4.40.